The molecule has 11 nitrogen and oxygen atoms in total. The van der Waals surface area contributed by atoms with E-state index in [0.29, 0.717) is 33.4 Å². The number of hydrogen-bond donors (Lipinski definition) is 3. The number of hydrogen-bond acceptors (Lipinski definition) is 7. The van der Waals surface area contributed by atoms with Crippen molar-refractivity contribution >= 4 is 38.2 Å². The first-order chi connectivity index (χ1) is 19.1. The molecule has 0 spiro atoms. The third-order valence-corrected chi connectivity index (χ3v) is 6.83. The number of pyridine rings is 1. The molecule has 0 aliphatic carbocycles. The lowest BCUT2D eigenvalue weighted by Gasteiger charge is -2.21. The lowest BCUT2D eigenvalue weighted by atomic mass is 10.0. The van der Waals surface area contributed by atoms with Gasteiger partial charge in [0.05, 0.1) is 24.2 Å². The number of para-hydroxylation sites is 1. The molecule has 0 aliphatic heterocycles. The smallest absolute Gasteiger partial charge is 0.274 e. The number of nitrogen functional groups attached to an aromatic ring is 1. The molecule has 5 rings (SSSR count). The van der Waals surface area contributed by atoms with Gasteiger partial charge in [-0.05, 0) is 48.7 Å². The fraction of sp³-hybridized carbons (Fsp3) is 0.143. The topological polar surface area (TPSA) is 153 Å². The lowest BCUT2D eigenvalue weighted by Crippen LogP contribution is -2.33. The van der Waals surface area contributed by atoms with Crippen LogP contribution in [-0.4, -0.2) is 46.3 Å². The Hall–Kier alpha value is -4.99. The summed E-state index contributed by atoms with van der Waals surface area (Å²) in [5, 5.41) is 8.10. The molecule has 1 amide bonds. The van der Waals surface area contributed by atoms with Gasteiger partial charge in [-0.3, -0.25) is 14.2 Å². The number of amides is 1. The molecule has 0 saturated carbocycles. The standard InChI is InChI=1S/C28H25N7O4S/c1-18(32-27(36)25-26(29)33-23-14-8-15-30-35(23)25)22-17-20-10-6-9-19(11-7-16-31-40(2,38)39)24(20)28(37)34(22)21-12-4-3-5-13-21/h3-6,8-10,12-15,17-18,31H,16,29H2,1-2H3,(H,32,36)/t18-/m0/s1. The number of fused-ring (bicyclic) bond motifs is 2. The predicted molar refractivity (Wildman–Crippen MR) is 153 cm³/mol. The zero-order valence-corrected chi connectivity index (χ0v) is 22.4. The molecule has 0 unspecified atom stereocenters. The highest BCUT2D eigenvalue weighted by atomic mass is 32.2. The first kappa shape index (κ1) is 26.6. The number of nitrogens with zero attached hydrogens (tertiary/aromatic N) is 4. The second-order valence-corrected chi connectivity index (χ2v) is 10.9. The second-order valence-electron chi connectivity index (χ2n) is 9.04. The van der Waals surface area contributed by atoms with E-state index in [9.17, 15) is 18.0 Å². The fourth-order valence-corrected chi connectivity index (χ4v) is 4.75. The molecule has 0 radical (unpaired) electrons. The molecule has 0 fully saturated rings. The fourth-order valence-electron chi connectivity index (χ4n) is 4.41. The molecule has 12 heteroatoms. The van der Waals surface area contributed by atoms with Crippen LogP contribution >= 0.6 is 0 Å². The lowest BCUT2D eigenvalue weighted by molar-refractivity contribution is 0.0932. The summed E-state index contributed by atoms with van der Waals surface area (Å²) in [7, 11) is -3.40. The average molecular weight is 556 g/mol. The molecule has 0 saturated heterocycles. The van der Waals surface area contributed by atoms with E-state index in [-0.39, 0.29) is 23.6 Å². The van der Waals surface area contributed by atoms with Crippen LogP contribution in [-0.2, 0) is 10.0 Å². The zero-order chi connectivity index (χ0) is 28.4. The third-order valence-electron chi connectivity index (χ3n) is 6.16. The van der Waals surface area contributed by atoms with E-state index in [0.717, 1.165) is 6.26 Å². The van der Waals surface area contributed by atoms with Gasteiger partial charge in [0, 0.05) is 23.1 Å². The number of benzene rings is 2. The van der Waals surface area contributed by atoms with Crippen LogP contribution in [0.15, 0.2) is 77.7 Å². The summed E-state index contributed by atoms with van der Waals surface area (Å²) in [4.78, 5) is 31.6. The van der Waals surface area contributed by atoms with E-state index in [1.54, 1.807) is 49.4 Å². The van der Waals surface area contributed by atoms with Crippen LogP contribution in [0.3, 0.4) is 0 Å². The average Bonchev–Trinajstić information content (AvgIpc) is 3.26. The predicted octanol–water partition coefficient (Wildman–Crippen LogP) is 2.01. The number of nitrogens with one attached hydrogen (secondary N) is 2. The van der Waals surface area contributed by atoms with Gasteiger partial charge < -0.3 is 11.1 Å². The maximum Gasteiger partial charge on any atom is 0.274 e. The van der Waals surface area contributed by atoms with Gasteiger partial charge in [-0.25, -0.2) is 22.6 Å². The van der Waals surface area contributed by atoms with Crippen molar-refractivity contribution in [2.24, 2.45) is 0 Å². The van der Waals surface area contributed by atoms with Crippen molar-refractivity contribution in [1.82, 2.24) is 29.2 Å². The minimum atomic E-state index is -3.40. The van der Waals surface area contributed by atoms with Crippen molar-refractivity contribution in [3.63, 3.8) is 0 Å². The summed E-state index contributed by atoms with van der Waals surface area (Å²) in [6, 6.07) is 18.9. The normalized spacial score (nSPS) is 12.2. The number of nitrogens with two attached hydrogens (primary N) is 1. The molecule has 1 atom stereocenters. The molecular formula is C28H25N7O4S. The Morgan fingerprint density at radius 1 is 1.10 bits per heavy atom. The number of carbonyl (C=O) groups excluding carboxylic acids is 1. The zero-order valence-electron chi connectivity index (χ0n) is 21.6. The number of rotatable bonds is 6. The van der Waals surface area contributed by atoms with Gasteiger partial charge in [0.25, 0.3) is 11.5 Å². The Balaban J connectivity index is 1.60. The summed E-state index contributed by atoms with van der Waals surface area (Å²) in [5.41, 5.74) is 7.82. The minimum Gasteiger partial charge on any atom is -0.382 e. The van der Waals surface area contributed by atoms with Gasteiger partial charge in [0.2, 0.25) is 10.0 Å². The molecule has 0 bridgehead atoms. The van der Waals surface area contributed by atoms with Crippen molar-refractivity contribution in [2.75, 3.05) is 18.5 Å². The summed E-state index contributed by atoms with van der Waals surface area (Å²) >= 11 is 0. The summed E-state index contributed by atoms with van der Waals surface area (Å²) in [6.45, 7) is 1.68. The Labute approximate surface area is 229 Å². The van der Waals surface area contributed by atoms with E-state index in [1.807, 2.05) is 24.3 Å². The highest BCUT2D eigenvalue weighted by molar-refractivity contribution is 7.88. The van der Waals surface area contributed by atoms with E-state index < -0.39 is 22.0 Å². The van der Waals surface area contributed by atoms with Crippen LogP contribution in [0.5, 0.6) is 0 Å². The highest BCUT2D eigenvalue weighted by Gasteiger charge is 2.23. The van der Waals surface area contributed by atoms with Crippen molar-refractivity contribution in [2.45, 2.75) is 13.0 Å². The van der Waals surface area contributed by atoms with E-state index in [4.69, 9.17) is 5.73 Å². The van der Waals surface area contributed by atoms with Crippen molar-refractivity contribution in [3.05, 3.63) is 100 Å². The highest BCUT2D eigenvalue weighted by Crippen LogP contribution is 2.24. The molecule has 4 N–H and O–H groups in total. The molecule has 40 heavy (non-hydrogen) atoms. The number of carbonyl (C=O) groups is 1. The molecular weight excluding hydrogens is 530 g/mol. The van der Waals surface area contributed by atoms with Gasteiger partial charge in [-0.15, -0.1) is 0 Å². The van der Waals surface area contributed by atoms with Gasteiger partial charge in [0.15, 0.2) is 17.2 Å². The Bertz CT molecular complexity index is 1990. The van der Waals surface area contributed by atoms with E-state index >= 15 is 0 Å². The largest absolute Gasteiger partial charge is 0.382 e. The van der Waals surface area contributed by atoms with E-state index in [2.05, 4.69) is 32.0 Å². The van der Waals surface area contributed by atoms with Crippen LogP contribution in [0.2, 0.25) is 0 Å². The molecule has 3 aromatic heterocycles. The van der Waals surface area contributed by atoms with Crippen LogP contribution < -0.4 is 21.3 Å². The summed E-state index contributed by atoms with van der Waals surface area (Å²) in [5.74, 6) is 5.22. The molecule has 2 aromatic carbocycles. The Morgan fingerprint density at radius 3 is 2.62 bits per heavy atom. The SMILES string of the molecule is C[C@H](NC(=O)c1c(N)nc2cccnn12)c1cc2cccc(C#CCNS(C)(=O)=O)c2c(=O)n1-c1ccccc1. The van der Waals surface area contributed by atoms with Crippen molar-refractivity contribution < 1.29 is 13.2 Å². The minimum absolute atomic E-state index is 0.0379. The first-order valence-electron chi connectivity index (χ1n) is 12.2. The maximum atomic E-state index is 14.0. The molecule has 5 aromatic rings. The van der Waals surface area contributed by atoms with Crippen LogP contribution in [0.25, 0.3) is 22.1 Å². The summed E-state index contributed by atoms with van der Waals surface area (Å²) < 4.78 is 28.0. The number of aromatic nitrogens is 4. The quantitative estimate of drug-likeness (QED) is 0.271. The molecule has 0 aliphatic rings. The molecule has 202 valence electrons. The van der Waals surface area contributed by atoms with Gasteiger partial charge in [-0.1, -0.05) is 42.2 Å². The van der Waals surface area contributed by atoms with Gasteiger partial charge in [0.1, 0.15) is 0 Å². The van der Waals surface area contributed by atoms with Crippen molar-refractivity contribution in [1.29, 1.82) is 0 Å². The Kier molecular flexibility index (Phi) is 7.08. The number of anilines is 1. The van der Waals surface area contributed by atoms with Gasteiger partial charge in [-0.2, -0.15) is 5.10 Å². The summed E-state index contributed by atoms with van der Waals surface area (Å²) in [6.07, 6.45) is 2.58. The van der Waals surface area contributed by atoms with Crippen LogP contribution in [0.1, 0.15) is 34.7 Å². The second kappa shape index (κ2) is 10.6. The van der Waals surface area contributed by atoms with Gasteiger partial charge >= 0.3 is 0 Å². The van der Waals surface area contributed by atoms with E-state index in [1.165, 1.54) is 15.3 Å². The van der Waals surface area contributed by atoms with Crippen molar-refractivity contribution in [3.8, 4) is 17.5 Å². The molecule has 3 heterocycles. The third kappa shape index (κ3) is 5.28. The number of imidazole rings is 1. The monoisotopic (exact) mass is 555 g/mol. The number of sulfonamides is 1. The Morgan fingerprint density at radius 2 is 1.88 bits per heavy atom. The maximum absolute atomic E-state index is 14.0. The first-order valence-corrected chi connectivity index (χ1v) is 14.1. The van der Waals surface area contributed by atoms with Crippen LogP contribution in [0.4, 0.5) is 5.82 Å². The van der Waals surface area contributed by atoms with Crippen LogP contribution in [0, 0.1) is 11.8 Å².